The first-order valence-corrected chi connectivity index (χ1v) is 12.2. The Hall–Kier alpha value is -3.91. The Bertz CT molecular complexity index is 1300. The van der Waals surface area contributed by atoms with Crippen LogP contribution >= 0.6 is 0 Å². The maximum absolute atomic E-state index is 13.7. The van der Waals surface area contributed by atoms with Crippen molar-refractivity contribution in [1.29, 1.82) is 0 Å². The summed E-state index contributed by atoms with van der Waals surface area (Å²) in [6.45, 7) is 2.91. The zero-order chi connectivity index (χ0) is 25.1. The summed E-state index contributed by atoms with van der Waals surface area (Å²) in [7, 11) is 0. The molecular formula is C28H28N2O6. The lowest BCUT2D eigenvalue weighted by atomic mass is 9.98. The Kier molecular flexibility index (Phi) is 6.86. The van der Waals surface area contributed by atoms with E-state index >= 15 is 0 Å². The predicted molar refractivity (Wildman–Crippen MR) is 132 cm³/mol. The molecule has 1 saturated heterocycles. The lowest BCUT2D eigenvalue weighted by Crippen LogP contribution is -2.56. The Morgan fingerprint density at radius 2 is 1.72 bits per heavy atom. The lowest BCUT2D eigenvalue weighted by molar-refractivity contribution is -0.111. The van der Waals surface area contributed by atoms with Gasteiger partial charge >= 0.3 is 5.97 Å². The van der Waals surface area contributed by atoms with E-state index in [1.54, 1.807) is 16.4 Å². The number of pyridine rings is 1. The fourth-order valence-electron chi connectivity index (χ4n) is 4.82. The smallest absolute Gasteiger partial charge is 0.343 e. The van der Waals surface area contributed by atoms with E-state index in [1.807, 2.05) is 60.7 Å². The molecule has 186 valence electrons. The van der Waals surface area contributed by atoms with Crippen LogP contribution in [0.2, 0.25) is 0 Å². The van der Waals surface area contributed by atoms with E-state index in [1.165, 1.54) is 6.20 Å². The first-order valence-electron chi connectivity index (χ1n) is 12.2. The van der Waals surface area contributed by atoms with E-state index in [-0.39, 0.29) is 42.2 Å². The van der Waals surface area contributed by atoms with Crippen molar-refractivity contribution in [1.82, 2.24) is 9.47 Å². The number of carbonyl (C=O) groups excluding carboxylic acids is 2. The number of carbonyl (C=O) groups is 2. The minimum absolute atomic E-state index is 0.0753. The van der Waals surface area contributed by atoms with Crippen LogP contribution in [0.5, 0.6) is 5.75 Å². The molecule has 0 bridgehead atoms. The van der Waals surface area contributed by atoms with Crippen molar-refractivity contribution in [2.24, 2.45) is 0 Å². The number of hydrogen-bond donors (Lipinski definition) is 0. The number of esters is 1. The second kappa shape index (κ2) is 10.4. The summed E-state index contributed by atoms with van der Waals surface area (Å²) in [6, 6.07) is 18.8. The van der Waals surface area contributed by atoms with Crippen LogP contribution in [0, 0.1) is 0 Å². The van der Waals surface area contributed by atoms with E-state index in [0.29, 0.717) is 26.0 Å². The van der Waals surface area contributed by atoms with Crippen LogP contribution < -0.4 is 10.2 Å². The molecule has 0 aliphatic carbocycles. The Balaban J connectivity index is 1.66. The fraction of sp³-hybridized carbons (Fsp3) is 0.321. The van der Waals surface area contributed by atoms with E-state index in [9.17, 15) is 14.4 Å². The number of fused-ring (bicyclic) bond motifs is 2. The molecule has 0 unspecified atom stereocenters. The zero-order valence-electron chi connectivity index (χ0n) is 20.1. The summed E-state index contributed by atoms with van der Waals surface area (Å²) < 4.78 is 19.0. The molecule has 2 aromatic carbocycles. The Morgan fingerprint density at radius 3 is 2.42 bits per heavy atom. The number of rotatable bonds is 7. The normalized spacial score (nSPS) is 18.8. The molecule has 2 atom stereocenters. The fourth-order valence-corrected chi connectivity index (χ4v) is 4.82. The van der Waals surface area contributed by atoms with Crippen LogP contribution in [0.4, 0.5) is 0 Å². The number of amides is 1. The van der Waals surface area contributed by atoms with Gasteiger partial charge in [-0.15, -0.1) is 0 Å². The maximum Gasteiger partial charge on any atom is 0.343 e. The molecule has 5 rings (SSSR count). The van der Waals surface area contributed by atoms with E-state index in [4.69, 9.17) is 14.2 Å². The van der Waals surface area contributed by atoms with E-state index in [2.05, 4.69) is 0 Å². The van der Waals surface area contributed by atoms with Gasteiger partial charge in [-0.1, -0.05) is 60.7 Å². The quantitative estimate of drug-likeness (QED) is 0.473. The standard InChI is InChI=1S/C28H28N2O6/c1-2-34-28(33)21-17-30-22(16-19-10-5-3-6-11-19)27-29(14-9-15-35-27)26(32)23(30)25(24(21)31)36-18-20-12-7-4-8-13-20/h3-8,10-13,17,22,27H,2,9,14-16,18H2,1H3/t22-,27-/m0/s1. The molecule has 8 nitrogen and oxygen atoms in total. The molecular weight excluding hydrogens is 460 g/mol. The van der Waals surface area contributed by atoms with Gasteiger partial charge in [0.1, 0.15) is 12.2 Å². The summed E-state index contributed by atoms with van der Waals surface area (Å²) in [5.41, 5.74) is 1.18. The molecule has 2 aliphatic rings. The Labute approximate surface area is 209 Å². The molecule has 0 saturated carbocycles. The monoisotopic (exact) mass is 488 g/mol. The lowest BCUT2D eigenvalue weighted by Gasteiger charge is -2.45. The number of nitrogens with zero attached hydrogens (tertiary/aromatic N) is 2. The average Bonchev–Trinajstić information content (AvgIpc) is 2.91. The molecule has 0 radical (unpaired) electrons. The van der Waals surface area contributed by atoms with Gasteiger partial charge < -0.3 is 23.7 Å². The number of benzene rings is 2. The molecule has 8 heteroatoms. The third kappa shape index (κ3) is 4.52. The molecule has 3 aromatic rings. The highest BCUT2D eigenvalue weighted by molar-refractivity contribution is 5.98. The maximum atomic E-state index is 13.7. The van der Waals surface area contributed by atoms with Gasteiger partial charge in [0.05, 0.1) is 19.3 Å². The summed E-state index contributed by atoms with van der Waals surface area (Å²) in [4.78, 5) is 41.7. The van der Waals surface area contributed by atoms with Gasteiger partial charge in [-0.3, -0.25) is 9.59 Å². The Morgan fingerprint density at radius 1 is 1.03 bits per heavy atom. The van der Waals surface area contributed by atoms with Crippen LogP contribution in [-0.2, 0) is 22.5 Å². The number of hydrogen-bond acceptors (Lipinski definition) is 6. The van der Waals surface area contributed by atoms with Crippen LogP contribution in [0.3, 0.4) is 0 Å². The van der Waals surface area contributed by atoms with Gasteiger partial charge in [-0.2, -0.15) is 0 Å². The van der Waals surface area contributed by atoms with Crippen LogP contribution in [0.1, 0.15) is 51.4 Å². The third-order valence-corrected chi connectivity index (χ3v) is 6.49. The number of ether oxygens (including phenoxy) is 3. The molecule has 3 heterocycles. The third-order valence-electron chi connectivity index (χ3n) is 6.49. The van der Waals surface area contributed by atoms with Gasteiger partial charge in [0.2, 0.25) is 5.43 Å². The number of aromatic nitrogens is 1. The van der Waals surface area contributed by atoms with Crippen molar-refractivity contribution in [3.63, 3.8) is 0 Å². The highest BCUT2D eigenvalue weighted by Gasteiger charge is 2.44. The topological polar surface area (TPSA) is 87.1 Å². The van der Waals surface area contributed by atoms with E-state index in [0.717, 1.165) is 11.1 Å². The van der Waals surface area contributed by atoms with Crippen molar-refractivity contribution < 1.29 is 23.8 Å². The minimum Gasteiger partial charge on any atom is -0.483 e. The van der Waals surface area contributed by atoms with Gasteiger partial charge in [-0.05, 0) is 30.9 Å². The van der Waals surface area contributed by atoms with Gasteiger partial charge in [0.15, 0.2) is 17.7 Å². The van der Waals surface area contributed by atoms with Crippen molar-refractivity contribution >= 4 is 11.9 Å². The highest BCUT2D eigenvalue weighted by atomic mass is 16.5. The van der Waals surface area contributed by atoms with Gasteiger partial charge in [0, 0.05) is 12.7 Å². The molecule has 36 heavy (non-hydrogen) atoms. The molecule has 1 aromatic heterocycles. The minimum atomic E-state index is -0.750. The second-order valence-electron chi connectivity index (χ2n) is 8.82. The van der Waals surface area contributed by atoms with Crippen molar-refractivity contribution in [2.45, 2.75) is 38.6 Å². The molecule has 1 amide bonds. The molecule has 0 spiro atoms. The van der Waals surface area contributed by atoms with Gasteiger partial charge in [-0.25, -0.2) is 4.79 Å². The molecule has 1 fully saturated rings. The first-order chi connectivity index (χ1) is 17.6. The second-order valence-corrected chi connectivity index (χ2v) is 8.82. The summed E-state index contributed by atoms with van der Waals surface area (Å²) in [5, 5.41) is 0. The summed E-state index contributed by atoms with van der Waals surface area (Å²) in [6.07, 6.45) is 2.14. The van der Waals surface area contributed by atoms with Crippen LogP contribution in [0.15, 0.2) is 71.7 Å². The van der Waals surface area contributed by atoms with Crippen LogP contribution in [-0.4, -0.2) is 47.3 Å². The van der Waals surface area contributed by atoms with E-state index < -0.39 is 17.6 Å². The largest absolute Gasteiger partial charge is 0.483 e. The van der Waals surface area contributed by atoms with Crippen molar-refractivity contribution in [3.8, 4) is 5.75 Å². The first kappa shape index (κ1) is 23.8. The summed E-state index contributed by atoms with van der Waals surface area (Å²) in [5.74, 6) is -1.24. The van der Waals surface area contributed by atoms with Gasteiger partial charge in [0.25, 0.3) is 5.91 Å². The molecule has 2 aliphatic heterocycles. The zero-order valence-corrected chi connectivity index (χ0v) is 20.1. The van der Waals surface area contributed by atoms with Crippen molar-refractivity contribution in [2.75, 3.05) is 19.8 Å². The SMILES string of the molecule is CCOC(=O)c1cn2c(c(OCc3ccccc3)c1=O)C(=O)N1CCCO[C@H]1[C@@H]2Cc1ccccc1. The predicted octanol–water partition coefficient (Wildman–Crippen LogP) is 3.59. The van der Waals surface area contributed by atoms with Crippen LogP contribution in [0.25, 0.3) is 0 Å². The molecule has 0 N–H and O–H groups in total. The summed E-state index contributed by atoms with van der Waals surface area (Å²) >= 11 is 0. The average molecular weight is 489 g/mol. The van der Waals surface area contributed by atoms with Crippen molar-refractivity contribution in [3.05, 3.63) is 99.5 Å². The highest BCUT2D eigenvalue weighted by Crippen LogP contribution is 2.36.